The number of ether oxygens (including phenoxy) is 1. The number of nitrogens with zero attached hydrogens (tertiary/aromatic N) is 1. The topological polar surface area (TPSA) is 44.7 Å². The molecule has 0 amide bonds. The zero-order valence-electron chi connectivity index (χ0n) is 13.6. The van der Waals surface area contributed by atoms with Gasteiger partial charge in [-0.2, -0.15) is 0 Å². The van der Waals surface area contributed by atoms with E-state index in [2.05, 4.69) is 36.3 Å². The maximum atomic E-state index is 9.96. The number of hydrogen-bond acceptors (Lipinski definition) is 4. The van der Waals surface area contributed by atoms with Gasteiger partial charge in [0.1, 0.15) is 0 Å². The number of hydrogen-bond donors (Lipinski definition) is 2. The van der Waals surface area contributed by atoms with Crippen molar-refractivity contribution in [2.75, 3.05) is 46.4 Å². The SMILES string of the molecule is CC1CC=CCC1COCC(O)CNCC1CCN(C)C1. The summed E-state index contributed by atoms with van der Waals surface area (Å²) < 4.78 is 5.71. The lowest BCUT2D eigenvalue weighted by Gasteiger charge is -2.25. The van der Waals surface area contributed by atoms with Crippen LogP contribution in [0, 0.1) is 17.8 Å². The summed E-state index contributed by atoms with van der Waals surface area (Å²) in [5.74, 6) is 2.05. The zero-order valence-corrected chi connectivity index (χ0v) is 13.6. The molecule has 2 N–H and O–H groups in total. The second-order valence-electron chi connectivity index (χ2n) is 6.95. The van der Waals surface area contributed by atoms with Crippen LogP contribution in [-0.4, -0.2) is 62.6 Å². The first kappa shape index (κ1) is 16.9. The smallest absolute Gasteiger partial charge is 0.0897 e. The average molecular weight is 296 g/mol. The Bertz CT molecular complexity index is 322. The Hall–Kier alpha value is -0.420. The van der Waals surface area contributed by atoms with Crippen LogP contribution in [-0.2, 0) is 4.74 Å². The highest BCUT2D eigenvalue weighted by molar-refractivity contribution is 4.93. The molecule has 4 atom stereocenters. The largest absolute Gasteiger partial charge is 0.389 e. The molecule has 21 heavy (non-hydrogen) atoms. The van der Waals surface area contributed by atoms with Crippen molar-refractivity contribution in [3.8, 4) is 0 Å². The second kappa shape index (κ2) is 8.89. The first-order chi connectivity index (χ1) is 10.1. The molecule has 0 aromatic carbocycles. The van der Waals surface area contributed by atoms with Gasteiger partial charge in [-0.15, -0.1) is 0 Å². The summed E-state index contributed by atoms with van der Waals surface area (Å²) in [5.41, 5.74) is 0. The van der Waals surface area contributed by atoms with E-state index >= 15 is 0 Å². The van der Waals surface area contributed by atoms with E-state index in [1.54, 1.807) is 0 Å². The minimum absolute atomic E-state index is 0.390. The minimum Gasteiger partial charge on any atom is -0.389 e. The van der Waals surface area contributed by atoms with Crippen LogP contribution < -0.4 is 5.32 Å². The van der Waals surface area contributed by atoms with Crippen molar-refractivity contribution in [2.45, 2.75) is 32.3 Å². The number of likely N-dealkylation sites (tertiary alicyclic amines) is 1. The molecule has 1 aliphatic heterocycles. The molecule has 1 fully saturated rings. The molecule has 1 heterocycles. The summed E-state index contributed by atoms with van der Waals surface area (Å²) in [6, 6.07) is 0. The van der Waals surface area contributed by atoms with Gasteiger partial charge in [0.15, 0.2) is 0 Å². The summed E-state index contributed by atoms with van der Waals surface area (Å²) in [6.07, 6.45) is 7.67. The highest BCUT2D eigenvalue weighted by Crippen LogP contribution is 2.24. The molecule has 0 saturated carbocycles. The molecule has 1 saturated heterocycles. The number of rotatable bonds is 8. The van der Waals surface area contributed by atoms with Crippen LogP contribution in [0.15, 0.2) is 12.2 Å². The van der Waals surface area contributed by atoms with Crippen molar-refractivity contribution < 1.29 is 9.84 Å². The summed E-state index contributed by atoms with van der Waals surface area (Å²) >= 11 is 0. The summed E-state index contributed by atoms with van der Waals surface area (Å²) in [6.45, 7) is 7.53. The summed E-state index contributed by atoms with van der Waals surface area (Å²) in [5, 5.41) is 13.3. The lowest BCUT2D eigenvalue weighted by molar-refractivity contribution is 0.0126. The first-order valence-corrected chi connectivity index (χ1v) is 8.45. The molecular formula is C17H32N2O2. The molecular weight excluding hydrogens is 264 g/mol. The fourth-order valence-corrected chi connectivity index (χ4v) is 3.30. The predicted molar refractivity (Wildman–Crippen MR) is 86.3 cm³/mol. The molecule has 0 bridgehead atoms. The molecule has 4 heteroatoms. The van der Waals surface area contributed by atoms with E-state index in [1.807, 2.05) is 0 Å². The molecule has 2 aliphatic rings. The van der Waals surface area contributed by atoms with Crippen molar-refractivity contribution >= 4 is 0 Å². The zero-order chi connectivity index (χ0) is 15.1. The van der Waals surface area contributed by atoms with Gasteiger partial charge in [0.25, 0.3) is 0 Å². The highest BCUT2D eigenvalue weighted by atomic mass is 16.5. The van der Waals surface area contributed by atoms with E-state index in [1.165, 1.54) is 19.5 Å². The van der Waals surface area contributed by atoms with E-state index in [0.717, 1.165) is 31.9 Å². The molecule has 2 rings (SSSR count). The van der Waals surface area contributed by atoms with Crippen LogP contribution in [0.25, 0.3) is 0 Å². The third kappa shape index (κ3) is 6.07. The standard InChI is InChI=1S/C17H32N2O2/c1-14-5-3-4-6-16(14)12-21-13-17(20)10-18-9-15-7-8-19(2)11-15/h3-4,14-18,20H,5-13H2,1-2H3. The van der Waals surface area contributed by atoms with Gasteiger partial charge in [-0.3, -0.25) is 0 Å². The maximum Gasteiger partial charge on any atom is 0.0897 e. The Morgan fingerprint density at radius 1 is 1.38 bits per heavy atom. The van der Waals surface area contributed by atoms with Crippen molar-refractivity contribution in [2.24, 2.45) is 17.8 Å². The number of aliphatic hydroxyl groups excluding tert-OH is 1. The number of allylic oxidation sites excluding steroid dienone is 2. The Kier molecular flexibility index (Phi) is 7.17. The van der Waals surface area contributed by atoms with Crippen LogP contribution in [0.2, 0.25) is 0 Å². The monoisotopic (exact) mass is 296 g/mol. The molecule has 0 spiro atoms. The maximum absolute atomic E-state index is 9.96. The number of nitrogens with one attached hydrogen (secondary N) is 1. The molecule has 1 aliphatic carbocycles. The molecule has 0 radical (unpaired) electrons. The normalized spacial score (nSPS) is 31.7. The summed E-state index contributed by atoms with van der Waals surface area (Å²) in [7, 11) is 2.17. The Balaban J connectivity index is 1.49. The highest BCUT2D eigenvalue weighted by Gasteiger charge is 2.20. The van der Waals surface area contributed by atoms with E-state index in [-0.39, 0.29) is 0 Å². The van der Waals surface area contributed by atoms with E-state index in [4.69, 9.17) is 4.74 Å². The summed E-state index contributed by atoms with van der Waals surface area (Å²) in [4.78, 5) is 2.37. The van der Waals surface area contributed by atoms with E-state index in [0.29, 0.717) is 25.0 Å². The van der Waals surface area contributed by atoms with Gasteiger partial charge >= 0.3 is 0 Å². The van der Waals surface area contributed by atoms with Gasteiger partial charge in [-0.1, -0.05) is 19.1 Å². The van der Waals surface area contributed by atoms with Crippen molar-refractivity contribution in [1.82, 2.24) is 10.2 Å². The second-order valence-corrected chi connectivity index (χ2v) is 6.95. The minimum atomic E-state index is -0.390. The van der Waals surface area contributed by atoms with Gasteiger partial charge in [0.2, 0.25) is 0 Å². The van der Waals surface area contributed by atoms with Crippen molar-refractivity contribution in [1.29, 1.82) is 0 Å². The molecule has 0 aromatic rings. The van der Waals surface area contributed by atoms with Gasteiger partial charge in [0, 0.05) is 13.1 Å². The third-order valence-electron chi connectivity index (χ3n) is 4.86. The van der Waals surface area contributed by atoms with Crippen LogP contribution in [0.3, 0.4) is 0 Å². The van der Waals surface area contributed by atoms with Gasteiger partial charge in [0.05, 0.1) is 19.3 Å². The Labute approximate surface area is 129 Å². The molecule has 4 nitrogen and oxygen atoms in total. The van der Waals surface area contributed by atoms with Crippen LogP contribution in [0.5, 0.6) is 0 Å². The van der Waals surface area contributed by atoms with Crippen LogP contribution >= 0.6 is 0 Å². The Morgan fingerprint density at radius 2 is 2.19 bits per heavy atom. The quantitative estimate of drug-likeness (QED) is 0.667. The van der Waals surface area contributed by atoms with Gasteiger partial charge in [-0.25, -0.2) is 0 Å². The van der Waals surface area contributed by atoms with Gasteiger partial charge < -0.3 is 20.1 Å². The molecule has 0 aromatic heterocycles. The number of aliphatic hydroxyl groups is 1. The van der Waals surface area contributed by atoms with Crippen molar-refractivity contribution in [3.05, 3.63) is 12.2 Å². The fraction of sp³-hybridized carbons (Fsp3) is 0.882. The van der Waals surface area contributed by atoms with Gasteiger partial charge in [-0.05, 0) is 57.2 Å². The lowest BCUT2D eigenvalue weighted by atomic mass is 9.85. The van der Waals surface area contributed by atoms with Crippen molar-refractivity contribution in [3.63, 3.8) is 0 Å². The van der Waals surface area contributed by atoms with Crippen LogP contribution in [0.4, 0.5) is 0 Å². The predicted octanol–water partition coefficient (Wildman–Crippen LogP) is 1.51. The van der Waals surface area contributed by atoms with E-state index in [9.17, 15) is 5.11 Å². The molecule has 122 valence electrons. The lowest BCUT2D eigenvalue weighted by Crippen LogP contribution is -2.34. The first-order valence-electron chi connectivity index (χ1n) is 8.45. The molecule has 4 unspecified atom stereocenters. The Morgan fingerprint density at radius 3 is 2.90 bits per heavy atom. The fourth-order valence-electron chi connectivity index (χ4n) is 3.30. The third-order valence-corrected chi connectivity index (χ3v) is 4.86. The van der Waals surface area contributed by atoms with Crippen LogP contribution in [0.1, 0.15) is 26.2 Å². The average Bonchev–Trinajstić information content (AvgIpc) is 2.87. The van der Waals surface area contributed by atoms with E-state index < -0.39 is 6.10 Å².